The first-order valence-electron chi connectivity index (χ1n) is 9.62. The van der Waals surface area contributed by atoms with Gasteiger partial charge >= 0.3 is 0 Å². The fourth-order valence-electron chi connectivity index (χ4n) is 3.35. The van der Waals surface area contributed by atoms with Gasteiger partial charge in [0.15, 0.2) is 0 Å². The summed E-state index contributed by atoms with van der Waals surface area (Å²) in [6.45, 7) is 1.56. The molecule has 2 aromatic carbocycles. The van der Waals surface area contributed by atoms with E-state index in [1.54, 1.807) is 0 Å². The molecule has 6 nitrogen and oxygen atoms in total. The predicted octanol–water partition coefficient (Wildman–Crippen LogP) is 2.23. The minimum absolute atomic E-state index is 0.0399. The van der Waals surface area contributed by atoms with Gasteiger partial charge in [-0.25, -0.2) is 12.8 Å². The van der Waals surface area contributed by atoms with Crippen LogP contribution < -0.4 is 5.32 Å². The molecule has 1 aliphatic heterocycles. The van der Waals surface area contributed by atoms with Crippen LogP contribution in [0.15, 0.2) is 59.5 Å². The van der Waals surface area contributed by atoms with E-state index in [2.05, 4.69) is 10.2 Å². The van der Waals surface area contributed by atoms with Gasteiger partial charge in [-0.05, 0) is 62.8 Å². The number of hydrogen-bond donors (Lipinski definition) is 1. The van der Waals surface area contributed by atoms with E-state index in [4.69, 9.17) is 0 Å². The lowest BCUT2D eigenvalue weighted by atomic mass is 10.1. The number of carbonyl (C=O) groups excluding carboxylic acids is 1. The number of amides is 1. The first kappa shape index (κ1) is 21.4. The van der Waals surface area contributed by atoms with Gasteiger partial charge in [0.1, 0.15) is 5.82 Å². The molecule has 0 atom stereocenters. The number of rotatable bonds is 7. The summed E-state index contributed by atoms with van der Waals surface area (Å²) >= 11 is 0. The zero-order valence-corrected chi connectivity index (χ0v) is 17.2. The summed E-state index contributed by atoms with van der Waals surface area (Å²) in [7, 11) is -1.93. The lowest BCUT2D eigenvalue weighted by molar-refractivity contribution is -0.122. The van der Waals surface area contributed by atoms with Gasteiger partial charge in [0.2, 0.25) is 15.9 Å². The van der Waals surface area contributed by atoms with Gasteiger partial charge in [0.25, 0.3) is 0 Å². The second kappa shape index (κ2) is 9.47. The SMILES string of the molecule is CN1CCC(NC(=O)CN(Cc2ccccc2)S(=O)(=O)c2ccc(F)cc2)CC1. The Balaban J connectivity index is 1.77. The highest BCUT2D eigenvalue weighted by molar-refractivity contribution is 7.89. The molecule has 3 rings (SSSR count). The Kier molecular flexibility index (Phi) is 7.00. The molecule has 0 aromatic heterocycles. The highest BCUT2D eigenvalue weighted by atomic mass is 32.2. The van der Waals surface area contributed by atoms with Crippen molar-refractivity contribution in [3.05, 3.63) is 66.0 Å². The Morgan fingerprint density at radius 1 is 1.10 bits per heavy atom. The van der Waals surface area contributed by atoms with Crippen LogP contribution in [0.5, 0.6) is 0 Å². The summed E-state index contributed by atoms with van der Waals surface area (Å²) in [6.07, 6.45) is 1.68. The normalized spacial score (nSPS) is 16.1. The third-order valence-corrected chi connectivity index (χ3v) is 6.86. The number of likely N-dealkylation sites (tertiary alicyclic amines) is 1. The zero-order valence-electron chi connectivity index (χ0n) is 16.4. The molecule has 156 valence electrons. The Hall–Kier alpha value is -2.29. The van der Waals surface area contributed by atoms with E-state index in [1.165, 1.54) is 12.1 Å². The topological polar surface area (TPSA) is 69.7 Å². The maximum Gasteiger partial charge on any atom is 0.243 e. The number of carbonyl (C=O) groups is 1. The van der Waals surface area contributed by atoms with E-state index in [9.17, 15) is 17.6 Å². The molecule has 1 heterocycles. The minimum Gasteiger partial charge on any atom is -0.352 e. The van der Waals surface area contributed by atoms with Crippen molar-refractivity contribution < 1.29 is 17.6 Å². The van der Waals surface area contributed by atoms with Crippen LogP contribution in [0.4, 0.5) is 4.39 Å². The number of halogens is 1. The van der Waals surface area contributed by atoms with Gasteiger partial charge in [-0.1, -0.05) is 30.3 Å². The van der Waals surface area contributed by atoms with Crippen molar-refractivity contribution in [2.45, 2.75) is 30.3 Å². The lowest BCUT2D eigenvalue weighted by Gasteiger charge is -2.30. The monoisotopic (exact) mass is 419 g/mol. The predicted molar refractivity (Wildman–Crippen MR) is 109 cm³/mol. The fourth-order valence-corrected chi connectivity index (χ4v) is 4.74. The van der Waals surface area contributed by atoms with Gasteiger partial charge in [-0.15, -0.1) is 0 Å². The van der Waals surface area contributed by atoms with Crippen LogP contribution >= 0.6 is 0 Å². The minimum atomic E-state index is -3.96. The summed E-state index contributed by atoms with van der Waals surface area (Å²) in [5.74, 6) is -0.847. The number of nitrogens with one attached hydrogen (secondary N) is 1. The Labute approximate surface area is 171 Å². The summed E-state index contributed by atoms with van der Waals surface area (Å²) in [6, 6.07) is 13.8. The first-order chi connectivity index (χ1) is 13.8. The van der Waals surface area contributed by atoms with Gasteiger partial charge in [-0.3, -0.25) is 4.79 Å². The smallest absolute Gasteiger partial charge is 0.243 e. The molecule has 0 spiro atoms. The third-order valence-electron chi connectivity index (χ3n) is 5.06. The molecule has 1 saturated heterocycles. The summed E-state index contributed by atoms with van der Waals surface area (Å²) in [5, 5.41) is 2.96. The average molecular weight is 420 g/mol. The number of sulfonamides is 1. The standard InChI is InChI=1S/C21H26FN3O3S/c1-24-13-11-19(12-14-24)23-21(26)16-25(15-17-5-3-2-4-6-17)29(27,28)20-9-7-18(22)8-10-20/h2-10,19H,11-16H2,1H3,(H,23,26). The Bertz CT molecular complexity index is 912. The van der Waals surface area contributed by atoms with Crippen LogP contribution in [-0.4, -0.2) is 56.3 Å². The molecule has 0 saturated carbocycles. The summed E-state index contributed by atoms with van der Waals surface area (Å²) in [4.78, 5) is 14.8. The number of hydrogen-bond acceptors (Lipinski definition) is 4. The van der Waals surface area contributed by atoms with Gasteiger partial charge < -0.3 is 10.2 Å². The molecular weight excluding hydrogens is 393 g/mol. The second-order valence-corrected chi connectivity index (χ2v) is 9.30. The molecule has 1 aliphatic rings. The number of piperidine rings is 1. The van der Waals surface area contributed by atoms with Crippen molar-refractivity contribution in [1.29, 1.82) is 0 Å². The average Bonchev–Trinajstić information content (AvgIpc) is 2.70. The highest BCUT2D eigenvalue weighted by Gasteiger charge is 2.28. The molecule has 2 aromatic rings. The molecule has 8 heteroatoms. The maximum absolute atomic E-state index is 13.2. The van der Waals surface area contributed by atoms with E-state index >= 15 is 0 Å². The van der Waals surface area contributed by atoms with Crippen molar-refractivity contribution in [1.82, 2.24) is 14.5 Å². The third kappa shape index (κ3) is 5.85. The molecule has 1 fully saturated rings. The zero-order chi connectivity index (χ0) is 20.9. The van der Waals surface area contributed by atoms with Gasteiger partial charge in [0.05, 0.1) is 11.4 Å². The van der Waals surface area contributed by atoms with Crippen molar-refractivity contribution in [3.8, 4) is 0 Å². The number of benzene rings is 2. The molecule has 1 N–H and O–H groups in total. The summed E-state index contributed by atoms with van der Waals surface area (Å²) < 4.78 is 40.7. The molecule has 29 heavy (non-hydrogen) atoms. The lowest BCUT2D eigenvalue weighted by Crippen LogP contribution is -2.47. The van der Waals surface area contributed by atoms with E-state index in [1.807, 2.05) is 37.4 Å². The quantitative estimate of drug-likeness (QED) is 0.747. The highest BCUT2D eigenvalue weighted by Crippen LogP contribution is 2.19. The van der Waals surface area contributed by atoms with Crippen molar-refractivity contribution in [2.75, 3.05) is 26.7 Å². The number of nitrogens with zero attached hydrogens (tertiary/aromatic N) is 2. The van der Waals surface area contributed by atoms with E-state index in [0.29, 0.717) is 0 Å². The van der Waals surface area contributed by atoms with Crippen molar-refractivity contribution >= 4 is 15.9 Å². The van der Waals surface area contributed by atoms with E-state index in [-0.39, 0.29) is 29.9 Å². The van der Waals surface area contributed by atoms with Crippen LogP contribution in [0.1, 0.15) is 18.4 Å². The van der Waals surface area contributed by atoms with Crippen LogP contribution in [0.25, 0.3) is 0 Å². The molecule has 1 amide bonds. The summed E-state index contributed by atoms with van der Waals surface area (Å²) in [5.41, 5.74) is 0.769. The first-order valence-corrected chi connectivity index (χ1v) is 11.1. The van der Waals surface area contributed by atoms with Crippen LogP contribution in [0, 0.1) is 5.82 Å². The van der Waals surface area contributed by atoms with Gasteiger partial charge in [0, 0.05) is 12.6 Å². The fraction of sp³-hybridized carbons (Fsp3) is 0.381. The molecule has 0 bridgehead atoms. The van der Waals surface area contributed by atoms with Crippen LogP contribution in [0.3, 0.4) is 0 Å². The van der Waals surface area contributed by atoms with E-state index < -0.39 is 15.8 Å². The van der Waals surface area contributed by atoms with Gasteiger partial charge in [-0.2, -0.15) is 4.31 Å². The second-order valence-electron chi connectivity index (χ2n) is 7.36. The van der Waals surface area contributed by atoms with Crippen molar-refractivity contribution in [2.24, 2.45) is 0 Å². The molecular formula is C21H26FN3O3S. The molecule has 0 aliphatic carbocycles. The van der Waals surface area contributed by atoms with E-state index in [0.717, 1.165) is 47.9 Å². The Morgan fingerprint density at radius 2 is 1.72 bits per heavy atom. The maximum atomic E-state index is 13.2. The largest absolute Gasteiger partial charge is 0.352 e. The molecule has 0 unspecified atom stereocenters. The van der Waals surface area contributed by atoms with Crippen LogP contribution in [0.2, 0.25) is 0 Å². The van der Waals surface area contributed by atoms with Crippen molar-refractivity contribution in [3.63, 3.8) is 0 Å². The van der Waals surface area contributed by atoms with Crippen LogP contribution in [-0.2, 0) is 21.4 Å². The molecule has 0 radical (unpaired) electrons. The Morgan fingerprint density at radius 3 is 2.34 bits per heavy atom.